The Morgan fingerprint density at radius 3 is 2.71 bits per heavy atom. The van der Waals surface area contributed by atoms with E-state index in [0.717, 1.165) is 24.8 Å². The Balaban J connectivity index is 1.36. The lowest BCUT2D eigenvalue weighted by molar-refractivity contribution is -0.122. The average molecular weight is 517 g/mol. The molecule has 2 heterocycles. The molecule has 11 heteroatoms. The molecule has 1 aromatic heterocycles. The maximum absolute atomic E-state index is 13.5. The number of halogens is 1. The number of hydrogen-bond donors (Lipinski definition) is 3. The molecule has 1 amide bonds. The van der Waals surface area contributed by atoms with Gasteiger partial charge in [-0.1, -0.05) is 23.8 Å². The highest BCUT2D eigenvalue weighted by atomic mass is 35.5. The van der Waals surface area contributed by atoms with Crippen LogP contribution in [0.25, 0.3) is 0 Å². The summed E-state index contributed by atoms with van der Waals surface area (Å²) in [6.07, 6.45) is 7.93. The van der Waals surface area contributed by atoms with Crippen molar-refractivity contribution in [3.05, 3.63) is 41.6 Å². The number of anilines is 3. The highest BCUT2D eigenvalue weighted by molar-refractivity contribution is 7.71. The smallest absolute Gasteiger partial charge is 0.229 e. The number of primary amides is 1. The van der Waals surface area contributed by atoms with E-state index in [-0.39, 0.29) is 29.7 Å². The lowest BCUT2D eigenvalue weighted by atomic mass is 9.88. The van der Waals surface area contributed by atoms with E-state index in [2.05, 4.69) is 37.7 Å². The van der Waals surface area contributed by atoms with Gasteiger partial charge >= 0.3 is 0 Å². The minimum Gasteiger partial charge on any atom is -0.495 e. The van der Waals surface area contributed by atoms with Crippen LogP contribution in [0, 0.1) is 17.8 Å². The number of methoxy groups -OCH3 is 1. The van der Waals surface area contributed by atoms with Crippen molar-refractivity contribution in [1.29, 1.82) is 0 Å². The number of nitrogens with two attached hydrogens (primary N) is 1. The second kappa shape index (κ2) is 9.45. The van der Waals surface area contributed by atoms with Gasteiger partial charge in [0.2, 0.25) is 11.9 Å². The van der Waals surface area contributed by atoms with Crippen LogP contribution in [0.15, 0.2) is 36.5 Å². The molecule has 2 bridgehead atoms. The maximum atomic E-state index is 13.5. The van der Waals surface area contributed by atoms with Gasteiger partial charge in [-0.3, -0.25) is 4.79 Å². The summed E-state index contributed by atoms with van der Waals surface area (Å²) in [6, 6.07) is 5.43. The van der Waals surface area contributed by atoms with Crippen LogP contribution >= 0.6 is 18.7 Å². The molecule has 0 spiro atoms. The Hall–Kier alpha value is -2.61. The Bertz CT molecular complexity index is 1210. The van der Waals surface area contributed by atoms with E-state index in [1.54, 1.807) is 7.11 Å². The zero-order valence-electron chi connectivity index (χ0n) is 19.8. The topological polar surface area (TPSA) is 122 Å². The molecule has 35 heavy (non-hydrogen) atoms. The second-order valence-electron chi connectivity index (χ2n) is 9.59. The van der Waals surface area contributed by atoms with Gasteiger partial charge in [0.05, 0.1) is 24.9 Å². The molecule has 0 radical (unpaired) electrons. The lowest BCUT2D eigenvalue weighted by Gasteiger charge is -2.30. The third kappa shape index (κ3) is 4.65. The number of amides is 1. The minimum absolute atomic E-state index is 0.146. The van der Waals surface area contributed by atoms with Gasteiger partial charge in [-0.2, -0.15) is 4.98 Å². The van der Waals surface area contributed by atoms with Crippen molar-refractivity contribution in [2.24, 2.45) is 23.5 Å². The van der Waals surface area contributed by atoms with Crippen LogP contribution in [0.2, 0.25) is 5.02 Å². The van der Waals surface area contributed by atoms with E-state index in [4.69, 9.17) is 22.1 Å². The first-order chi connectivity index (χ1) is 16.8. The highest BCUT2D eigenvalue weighted by Gasteiger charge is 2.47. The predicted molar refractivity (Wildman–Crippen MR) is 139 cm³/mol. The van der Waals surface area contributed by atoms with Crippen LogP contribution in [0.5, 0.6) is 5.75 Å². The molecule has 1 aliphatic heterocycles. The fourth-order valence-electron chi connectivity index (χ4n) is 5.40. The van der Waals surface area contributed by atoms with Gasteiger partial charge < -0.3 is 30.6 Å². The van der Waals surface area contributed by atoms with Crippen LogP contribution < -0.4 is 26.4 Å². The molecule has 5 rings (SSSR count). The normalized spacial score (nSPS) is 27.1. The first kappa shape index (κ1) is 24.1. The summed E-state index contributed by atoms with van der Waals surface area (Å²) in [6.45, 7) is 1.64. The molecule has 9 nitrogen and oxygen atoms in total. The third-order valence-corrected chi connectivity index (χ3v) is 10.8. The first-order valence-corrected chi connectivity index (χ1v) is 14.2. The van der Waals surface area contributed by atoms with Crippen LogP contribution in [-0.4, -0.2) is 66.4 Å². The van der Waals surface area contributed by atoms with E-state index in [9.17, 15) is 9.36 Å². The average Bonchev–Trinajstić information content (AvgIpc) is 3.45. The molecule has 1 saturated carbocycles. The van der Waals surface area contributed by atoms with Crippen molar-refractivity contribution >= 4 is 47.4 Å². The van der Waals surface area contributed by atoms with E-state index < -0.39 is 7.14 Å². The van der Waals surface area contributed by atoms with E-state index in [0.29, 0.717) is 40.5 Å². The molecule has 4 N–H and O–H groups in total. The fraction of sp³-hybridized carbons (Fsp3) is 0.458. The minimum atomic E-state index is -2.45. The quantitative estimate of drug-likeness (QED) is 0.379. The van der Waals surface area contributed by atoms with Gasteiger partial charge in [0.25, 0.3) is 0 Å². The van der Waals surface area contributed by atoms with Crippen LogP contribution in [0.1, 0.15) is 6.42 Å². The second-order valence-corrected chi connectivity index (χ2v) is 13.2. The Labute approximate surface area is 209 Å². The number of aromatic nitrogens is 2. The number of benzene rings is 1. The molecule has 4 unspecified atom stereocenters. The van der Waals surface area contributed by atoms with Gasteiger partial charge in [-0.15, -0.1) is 0 Å². The van der Waals surface area contributed by atoms with Crippen LogP contribution in [0.3, 0.4) is 0 Å². The summed E-state index contributed by atoms with van der Waals surface area (Å²) in [5, 5.41) is 7.71. The molecular formula is C24H30ClN6O3P. The monoisotopic (exact) mass is 516 g/mol. The Kier molecular flexibility index (Phi) is 6.51. The number of fused-ring (bicyclic) bond motifs is 2. The summed E-state index contributed by atoms with van der Waals surface area (Å²) in [4.78, 5) is 23.1. The number of carbonyl (C=O) groups excluding carboxylic acids is 1. The molecule has 1 saturated heterocycles. The zero-order chi connectivity index (χ0) is 24.7. The lowest BCUT2D eigenvalue weighted by Crippen LogP contribution is -2.41. The van der Waals surface area contributed by atoms with Crippen molar-refractivity contribution in [1.82, 2.24) is 14.9 Å². The van der Waals surface area contributed by atoms with E-state index in [1.807, 2.05) is 25.2 Å². The number of rotatable bonds is 7. The van der Waals surface area contributed by atoms with Crippen molar-refractivity contribution in [2.75, 3.05) is 50.2 Å². The standard InChI is InChI=1S/C24H30ClN6O3P/c1-31-7-9-35(33,10-8-31)16-5-6-18(19(12-16)34-2)28-24-27-13-17(25)23(30-24)29-21-15-4-3-14(11-15)20(21)22(26)32/h3-6,12-15,20-21H,7-11H2,1-2H3,(H2,26,32)(H2,27,28,29,30). The van der Waals surface area contributed by atoms with Gasteiger partial charge in [-0.05, 0) is 43.5 Å². The third-order valence-electron chi connectivity index (χ3n) is 7.42. The van der Waals surface area contributed by atoms with E-state index >= 15 is 0 Å². The molecule has 2 aromatic rings. The van der Waals surface area contributed by atoms with Crippen molar-refractivity contribution in [3.63, 3.8) is 0 Å². The number of hydrogen-bond acceptors (Lipinski definition) is 8. The number of allylic oxidation sites excluding steroid dienone is 1. The summed E-state index contributed by atoms with van der Waals surface area (Å²) in [5.41, 5.74) is 6.34. The Morgan fingerprint density at radius 2 is 2.00 bits per heavy atom. The molecule has 186 valence electrons. The van der Waals surface area contributed by atoms with Gasteiger partial charge in [0.1, 0.15) is 17.9 Å². The van der Waals surface area contributed by atoms with Crippen molar-refractivity contribution in [3.8, 4) is 5.75 Å². The maximum Gasteiger partial charge on any atom is 0.229 e. The number of carbonyl (C=O) groups is 1. The Morgan fingerprint density at radius 1 is 1.26 bits per heavy atom. The molecule has 2 fully saturated rings. The highest BCUT2D eigenvalue weighted by Crippen LogP contribution is 2.47. The largest absolute Gasteiger partial charge is 0.495 e. The summed E-state index contributed by atoms with van der Waals surface area (Å²) >= 11 is 6.39. The molecule has 4 atom stereocenters. The summed E-state index contributed by atoms with van der Waals surface area (Å²) in [7, 11) is 1.18. The number of ether oxygens (including phenoxy) is 1. The fourth-order valence-corrected chi connectivity index (χ4v) is 8.31. The predicted octanol–water partition coefficient (Wildman–Crippen LogP) is 2.90. The number of nitrogens with zero attached hydrogens (tertiary/aromatic N) is 3. The molecule has 1 aromatic carbocycles. The first-order valence-electron chi connectivity index (χ1n) is 11.8. The van der Waals surface area contributed by atoms with Gasteiger partial charge in [0.15, 0.2) is 5.82 Å². The van der Waals surface area contributed by atoms with Crippen LogP contribution in [-0.2, 0) is 9.36 Å². The number of nitrogens with one attached hydrogen (secondary N) is 2. The van der Waals surface area contributed by atoms with E-state index in [1.165, 1.54) is 6.20 Å². The van der Waals surface area contributed by atoms with Gasteiger partial charge in [0, 0.05) is 36.8 Å². The zero-order valence-corrected chi connectivity index (χ0v) is 21.4. The summed E-state index contributed by atoms with van der Waals surface area (Å²) in [5.74, 6) is 1.05. The molecule has 2 aliphatic carbocycles. The SMILES string of the molecule is COc1cc(P2(=O)CCN(C)CC2)ccc1Nc1ncc(Cl)c(NC2C3C=CC(C3)C2C(N)=O)n1. The molecule has 3 aliphatic rings. The van der Waals surface area contributed by atoms with Crippen molar-refractivity contribution in [2.45, 2.75) is 12.5 Å². The van der Waals surface area contributed by atoms with Gasteiger partial charge in [-0.25, -0.2) is 4.98 Å². The van der Waals surface area contributed by atoms with Crippen LogP contribution in [0.4, 0.5) is 17.5 Å². The summed E-state index contributed by atoms with van der Waals surface area (Å²) < 4.78 is 19.1. The van der Waals surface area contributed by atoms with Crippen molar-refractivity contribution < 1.29 is 14.1 Å². The molecular weight excluding hydrogens is 487 g/mol.